The van der Waals surface area contributed by atoms with E-state index in [0.29, 0.717) is 5.56 Å². The van der Waals surface area contributed by atoms with Crippen LogP contribution in [0.4, 0.5) is 0 Å². The van der Waals surface area contributed by atoms with Crippen LogP contribution in [0, 0.1) is 5.41 Å². The lowest BCUT2D eigenvalue weighted by Gasteiger charge is -2.25. The van der Waals surface area contributed by atoms with Crippen LogP contribution in [0.15, 0.2) is 45.3 Å². The number of halogens is 1. The van der Waals surface area contributed by atoms with Crippen molar-refractivity contribution in [1.82, 2.24) is 5.32 Å². The first-order valence-corrected chi connectivity index (χ1v) is 12.3. The molecule has 160 valence electrons. The third-order valence-electron chi connectivity index (χ3n) is 4.49. The van der Waals surface area contributed by atoms with Crippen LogP contribution >= 0.6 is 22.9 Å². The number of Topliss-reactive ketones (excluding diaryl/α,β-unsaturated/α-hetero) is 1. The van der Waals surface area contributed by atoms with Gasteiger partial charge in [-0.05, 0) is 61.7 Å². The summed E-state index contributed by atoms with van der Waals surface area (Å²) < 4.78 is 30.1. The summed E-state index contributed by atoms with van der Waals surface area (Å²) in [6.07, 6.45) is 1.20. The number of hydrogen-bond acceptors (Lipinski definition) is 7. The molecular weight excluding hydrogens is 444 g/mol. The van der Waals surface area contributed by atoms with Crippen molar-refractivity contribution in [2.45, 2.75) is 44.2 Å². The minimum Gasteiger partial charge on any atom is -0.474 e. The van der Waals surface area contributed by atoms with E-state index < -0.39 is 21.2 Å². The SMILES string of the molecule is CC(C)(C)NC(OCc1ccsc1)=C(C=N)C(=O)c1ccc2c(c1Cl)CCS2(=O)=O. The number of allylic oxidation sites excluding steroid dienone is 1. The second-order valence-electron chi connectivity index (χ2n) is 7.98. The van der Waals surface area contributed by atoms with E-state index in [0.717, 1.165) is 11.8 Å². The number of hydrogen-bond donors (Lipinski definition) is 2. The number of ketones is 1. The molecule has 0 amide bonds. The Morgan fingerprint density at radius 3 is 2.67 bits per heavy atom. The molecule has 0 bridgehead atoms. The van der Waals surface area contributed by atoms with Crippen LogP contribution in [-0.2, 0) is 27.6 Å². The Balaban J connectivity index is 2.02. The third-order valence-corrected chi connectivity index (χ3v) is 7.44. The van der Waals surface area contributed by atoms with Crippen LogP contribution in [0.25, 0.3) is 0 Å². The molecule has 0 radical (unpaired) electrons. The van der Waals surface area contributed by atoms with Gasteiger partial charge in [0.05, 0.1) is 21.2 Å². The molecule has 1 aromatic carbocycles. The number of thiophene rings is 1. The topological polar surface area (TPSA) is 96.3 Å². The van der Waals surface area contributed by atoms with E-state index in [1.165, 1.54) is 12.1 Å². The van der Waals surface area contributed by atoms with Gasteiger partial charge in [-0.2, -0.15) is 11.3 Å². The predicted octanol–water partition coefficient (Wildman–Crippen LogP) is 4.38. The standard InChI is InChI=1S/C21H23ClN2O4S2/c1-21(2,3)24-20(28-11-13-6-8-29-12-13)16(10-23)19(25)15-4-5-17-14(18(15)22)7-9-30(17,26)27/h4-6,8,10,12,23-24H,7,9,11H2,1-3H3. The maximum absolute atomic E-state index is 13.3. The Morgan fingerprint density at radius 1 is 1.33 bits per heavy atom. The molecule has 1 aliphatic rings. The van der Waals surface area contributed by atoms with Crippen molar-refractivity contribution in [2.24, 2.45) is 0 Å². The van der Waals surface area contributed by atoms with Crippen molar-refractivity contribution >= 4 is 44.8 Å². The van der Waals surface area contributed by atoms with Crippen molar-refractivity contribution < 1.29 is 17.9 Å². The number of nitrogens with one attached hydrogen (secondary N) is 2. The summed E-state index contributed by atoms with van der Waals surface area (Å²) in [6, 6.07) is 4.74. The Morgan fingerprint density at radius 2 is 2.07 bits per heavy atom. The number of sulfone groups is 1. The first-order chi connectivity index (χ1) is 14.0. The lowest BCUT2D eigenvalue weighted by molar-refractivity contribution is 0.102. The summed E-state index contributed by atoms with van der Waals surface area (Å²) in [5.74, 6) is -0.342. The molecule has 30 heavy (non-hydrogen) atoms. The molecule has 0 unspecified atom stereocenters. The number of fused-ring (bicyclic) bond motifs is 1. The molecule has 0 fully saturated rings. The second kappa shape index (κ2) is 8.53. The zero-order valence-corrected chi connectivity index (χ0v) is 19.3. The van der Waals surface area contributed by atoms with E-state index in [2.05, 4.69) is 5.32 Å². The summed E-state index contributed by atoms with van der Waals surface area (Å²) in [6.45, 7) is 5.99. The molecule has 1 aromatic heterocycles. The van der Waals surface area contributed by atoms with Gasteiger partial charge in [-0.3, -0.25) is 4.79 Å². The maximum atomic E-state index is 13.3. The average Bonchev–Trinajstić information content (AvgIpc) is 3.27. The predicted molar refractivity (Wildman–Crippen MR) is 119 cm³/mol. The third kappa shape index (κ3) is 4.77. The molecular formula is C21H23ClN2O4S2. The zero-order chi connectivity index (χ0) is 22.1. The summed E-state index contributed by atoms with van der Waals surface area (Å²) in [7, 11) is -3.36. The van der Waals surface area contributed by atoms with Crippen LogP contribution in [0.5, 0.6) is 0 Å². The first-order valence-electron chi connectivity index (χ1n) is 9.29. The first kappa shape index (κ1) is 22.5. The number of carbonyl (C=O) groups excluding carboxylic acids is 1. The summed E-state index contributed by atoms with van der Waals surface area (Å²) in [5, 5.41) is 15.0. The van der Waals surface area contributed by atoms with Gasteiger partial charge in [-0.15, -0.1) is 0 Å². The number of ether oxygens (including phenoxy) is 1. The Kier molecular flexibility index (Phi) is 6.40. The van der Waals surface area contributed by atoms with Gasteiger partial charge in [0.25, 0.3) is 0 Å². The van der Waals surface area contributed by atoms with Gasteiger partial charge in [-0.25, -0.2) is 8.42 Å². The number of carbonyl (C=O) groups is 1. The van der Waals surface area contributed by atoms with Crippen LogP contribution < -0.4 is 5.32 Å². The fourth-order valence-corrected chi connectivity index (χ4v) is 5.68. The Bertz CT molecular complexity index is 1110. The van der Waals surface area contributed by atoms with Crippen molar-refractivity contribution in [3.63, 3.8) is 0 Å². The van der Waals surface area contributed by atoms with E-state index in [9.17, 15) is 13.2 Å². The Hall–Kier alpha value is -2.16. The van der Waals surface area contributed by atoms with Crippen LogP contribution in [-0.4, -0.2) is 31.7 Å². The summed E-state index contributed by atoms with van der Waals surface area (Å²) in [5.41, 5.74) is 1.15. The summed E-state index contributed by atoms with van der Waals surface area (Å²) in [4.78, 5) is 13.5. The van der Waals surface area contributed by atoms with Gasteiger partial charge in [-0.1, -0.05) is 11.6 Å². The van der Waals surface area contributed by atoms with Gasteiger partial charge < -0.3 is 15.5 Å². The maximum Gasteiger partial charge on any atom is 0.201 e. The van der Waals surface area contributed by atoms with Crippen molar-refractivity contribution in [1.29, 1.82) is 5.41 Å². The molecule has 2 heterocycles. The minimum atomic E-state index is -3.36. The van der Waals surface area contributed by atoms with E-state index >= 15 is 0 Å². The molecule has 6 nitrogen and oxygen atoms in total. The highest BCUT2D eigenvalue weighted by Gasteiger charge is 2.31. The average molecular weight is 467 g/mol. The molecule has 0 saturated heterocycles. The van der Waals surface area contributed by atoms with E-state index in [1.54, 1.807) is 11.3 Å². The quantitative estimate of drug-likeness (QED) is 0.273. The van der Waals surface area contributed by atoms with Gasteiger partial charge in [0.2, 0.25) is 5.78 Å². The van der Waals surface area contributed by atoms with Gasteiger partial charge in [0, 0.05) is 22.9 Å². The smallest absolute Gasteiger partial charge is 0.201 e. The fourth-order valence-electron chi connectivity index (χ4n) is 3.08. The highest BCUT2D eigenvalue weighted by Crippen LogP contribution is 2.35. The lowest BCUT2D eigenvalue weighted by Crippen LogP contribution is -2.37. The molecule has 1 aliphatic heterocycles. The molecule has 9 heteroatoms. The van der Waals surface area contributed by atoms with Gasteiger partial charge >= 0.3 is 0 Å². The lowest BCUT2D eigenvalue weighted by atomic mass is 10.00. The minimum absolute atomic E-state index is 0.0165. The molecule has 3 rings (SSSR count). The monoisotopic (exact) mass is 466 g/mol. The van der Waals surface area contributed by atoms with Crippen LogP contribution in [0.1, 0.15) is 42.3 Å². The largest absolute Gasteiger partial charge is 0.474 e. The summed E-state index contributed by atoms with van der Waals surface area (Å²) >= 11 is 7.97. The number of rotatable bonds is 7. The highest BCUT2D eigenvalue weighted by atomic mass is 35.5. The van der Waals surface area contributed by atoms with E-state index in [1.807, 2.05) is 37.6 Å². The molecule has 2 aromatic rings. The molecule has 0 aliphatic carbocycles. The highest BCUT2D eigenvalue weighted by molar-refractivity contribution is 7.91. The van der Waals surface area contributed by atoms with Crippen LogP contribution in [0.2, 0.25) is 5.02 Å². The van der Waals surface area contributed by atoms with Gasteiger partial charge in [0.15, 0.2) is 15.7 Å². The molecule has 2 N–H and O–H groups in total. The zero-order valence-electron chi connectivity index (χ0n) is 16.9. The fraction of sp³-hybridized carbons (Fsp3) is 0.333. The van der Waals surface area contributed by atoms with Crippen molar-refractivity contribution in [2.75, 3.05) is 5.75 Å². The molecule has 0 atom stereocenters. The van der Waals surface area contributed by atoms with Crippen LogP contribution in [0.3, 0.4) is 0 Å². The van der Waals surface area contributed by atoms with Gasteiger partial charge in [0.1, 0.15) is 6.61 Å². The van der Waals surface area contributed by atoms with E-state index in [4.69, 9.17) is 21.7 Å². The molecule has 0 saturated carbocycles. The normalized spacial score (nSPS) is 15.9. The van der Waals surface area contributed by atoms with E-state index in [-0.39, 0.29) is 45.7 Å². The molecule has 0 spiro atoms. The number of benzene rings is 1. The second-order valence-corrected chi connectivity index (χ2v) is 11.2. The van der Waals surface area contributed by atoms with Crippen molar-refractivity contribution in [3.05, 3.63) is 62.1 Å². The Labute approximate surface area is 185 Å². The van der Waals surface area contributed by atoms with Crippen molar-refractivity contribution in [3.8, 4) is 0 Å².